The molecule has 5 nitrogen and oxygen atoms in total. The van der Waals surface area contributed by atoms with Gasteiger partial charge in [0.05, 0.1) is 11.2 Å². The van der Waals surface area contributed by atoms with E-state index in [2.05, 4.69) is 0 Å². The Morgan fingerprint density at radius 1 is 1.24 bits per heavy atom. The van der Waals surface area contributed by atoms with Crippen LogP contribution in [0.4, 0.5) is 0 Å². The molecule has 1 N–H and O–H groups in total. The summed E-state index contributed by atoms with van der Waals surface area (Å²) in [6.45, 7) is 0. The van der Waals surface area contributed by atoms with Crippen molar-refractivity contribution < 1.29 is 19.1 Å². The molecule has 1 atom stereocenters. The molecule has 3 rings (SSSR count). The molecule has 0 saturated carbocycles. The zero-order valence-electron chi connectivity index (χ0n) is 12.9. The number of carbonyl (C=O) groups is 2. The number of carboxylic acid groups (broad SMARTS) is 1. The maximum absolute atomic E-state index is 12.7. The number of hydrogen-bond donors (Lipinski definition) is 1. The van der Waals surface area contributed by atoms with Crippen molar-refractivity contribution in [2.75, 3.05) is 0 Å². The molecule has 1 amide bonds. The lowest BCUT2D eigenvalue weighted by molar-refractivity contribution is -0.145. The first-order valence-electron chi connectivity index (χ1n) is 7.33. The Hall–Kier alpha value is -2.64. The Kier molecular flexibility index (Phi) is 5.16. The minimum absolute atomic E-state index is 0.221. The lowest BCUT2D eigenvalue weighted by Gasteiger charge is -2.23. The van der Waals surface area contributed by atoms with Gasteiger partial charge in [0.15, 0.2) is 6.04 Å². The van der Waals surface area contributed by atoms with Crippen molar-refractivity contribution >= 4 is 46.3 Å². The summed E-state index contributed by atoms with van der Waals surface area (Å²) >= 11 is 6.32. The third-order valence-electron chi connectivity index (χ3n) is 3.48. The standard InChI is InChI=1S/C18H13NO4S2/c20-16-14(10-4-8-13-9-5-11-23-13)25-18(24)19(16)15(17(21)22)12-6-2-1-3-7-12/h1-11,15H,(H,21,22)/b8-4+,14-10+/t15-/m0/s1. The van der Waals surface area contributed by atoms with E-state index in [0.717, 1.165) is 16.7 Å². The van der Waals surface area contributed by atoms with Gasteiger partial charge in [0.1, 0.15) is 10.1 Å². The largest absolute Gasteiger partial charge is 0.479 e. The summed E-state index contributed by atoms with van der Waals surface area (Å²) in [5.74, 6) is -0.898. The van der Waals surface area contributed by atoms with Crippen LogP contribution >= 0.6 is 24.0 Å². The number of benzene rings is 1. The minimum Gasteiger partial charge on any atom is -0.479 e. The normalized spacial score (nSPS) is 17.6. The van der Waals surface area contributed by atoms with Gasteiger partial charge in [0.25, 0.3) is 5.91 Å². The van der Waals surface area contributed by atoms with Gasteiger partial charge in [-0.1, -0.05) is 60.4 Å². The molecule has 0 aliphatic carbocycles. The van der Waals surface area contributed by atoms with Crippen molar-refractivity contribution in [3.8, 4) is 0 Å². The van der Waals surface area contributed by atoms with Gasteiger partial charge < -0.3 is 9.52 Å². The average Bonchev–Trinajstić information content (AvgIpc) is 3.20. The van der Waals surface area contributed by atoms with E-state index in [-0.39, 0.29) is 4.32 Å². The zero-order valence-corrected chi connectivity index (χ0v) is 14.5. The van der Waals surface area contributed by atoms with Gasteiger partial charge in [-0.3, -0.25) is 9.69 Å². The fourth-order valence-corrected chi connectivity index (χ4v) is 3.64. The summed E-state index contributed by atoms with van der Waals surface area (Å²) in [5.41, 5.74) is 0.499. The first-order valence-corrected chi connectivity index (χ1v) is 8.55. The fraction of sp³-hybridized carbons (Fsp3) is 0.0556. The van der Waals surface area contributed by atoms with Crippen LogP contribution in [0.15, 0.2) is 70.2 Å². The van der Waals surface area contributed by atoms with Gasteiger partial charge in [-0.05, 0) is 29.8 Å². The molecule has 1 aliphatic rings. The molecule has 126 valence electrons. The molecule has 2 aromatic rings. The van der Waals surface area contributed by atoms with Gasteiger partial charge in [0.2, 0.25) is 0 Å². The van der Waals surface area contributed by atoms with Gasteiger partial charge in [-0.15, -0.1) is 0 Å². The molecule has 1 aliphatic heterocycles. The third kappa shape index (κ3) is 3.72. The first kappa shape index (κ1) is 17.2. The number of nitrogens with zero attached hydrogens (tertiary/aromatic N) is 1. The highest BCUT2D eigenvalue weighted by Crippen LogP contribution is 2.37. The van der Waals surface area contributed by atoms with Gasteiger partial charge >= 0.3 is 5.97 Å². The number of furan rings is 1. The summed E-state index contributed by atoms with van der Waals surface area (Å²) in [4.78, 5) is 25.9. The number of aliphatic carboxylic acids is 1. The molecule has 7 heteroatoms. The first-order chi connectivity index (χ1) is 12.1. The summed E-state index contributed by atoms with van der Waals surface area (Å²) in [7, 11) is 0. The fourth-order valence-electron chi connectivity index (χ4n) is 2.37. The number of amides is 1. The Bertz CT molecular complexity index is 856. The van der Waals surface area contributed by atoms with E-state index in [1.807, 2.05) is 0 Å². The molecule has 1 saturated heterocycles. The molecule has 2 heterocycles. The van der Waals surface area contributed by atoms with E-state index in [1.165, 1.54) is 0 Å². The smallest absolute Gasteiger partial charge is 0.331 e. The Balaban J connectivity index is 1.86. The highest BCUT2D eigenvalue weighted by atomic mass is 32.2. The van der Waals surface area contributed by atoms with Crippen molar-refractivity contribution in [2.24, 2.45) is 0 Å². The Morgan fingerprint density at radius 3 is 2.64 bits per heavy atom. The van der Waals surface area contributed by atoms with Crippen molar-refractivity contribution in [2.45, 2.75) is 6.04 Å². The molecular weight excluding hydrogens is 358 g/mol. The van der Waals surface area contributed by atoms with Gasteiger partial charge in [-0.2, -0.15) is 0 Å². The monoisotopic (exact) mass is 371 g/mol. The Labute approximate surface area is 153 Å². The molecule has 1 aromatic carbocycles. The van der Waals surface area contributed by atoms with Crippen LogP contribution in [0.3, 0.4) is 0 Å². The maximum Gasteiger partial charge on any atom is 0.331 e. The molecule has 0 bridgehead atoms. The summed E-state index contributed by atoms with van der Waals surface area (Å²) < 4.78 is 5.39. The topological polar surface area (TPSA) is 70.8 Å². The second-order valence-corrected chi connectivity index (χ2v) is 6.78. The lowest BCUT2D eigenvalue weighted by atomic mass is 10.1. The molecule has 0 radical (unpaired) electrons. The minimum atomic E-state index is -1.14. The average molecular weight is 371 g/mol. The number of hydrogen-bond acceptors (Lipinski definition) is 5. The predicted molar refractivity (Wildman–Crippen MR) is 99.7 cm³/mol. The van der Waals surface area contributed by atoms with Crippen LogP contribution in [0, 0.1) is 0 Å². The van der Waals surface area contributed by atoms with E-state index in [9.17, 15) is 14.7 Å². The Morgan fingerprint density at radius 2 is 2.00 bits per heavy atom. The molecule has 25 heavy (non-hydrogen) atoms. The van der Waals surface area contributed by atoms with Gasteiger partial charge in [-0.25, -0.2) is 4.79 Å². The molecular formula is C18H13NO4S2. The van der Waals surface area contributed by atoms with E-state index >= 15 is 0 Å². The van der Waals surface area contributed by atoms with E-state index < -0.39 is 17.9 Å². The van der Waals surface area contributed by atoms with Crippen LogP contribution in [-0.4, -0.2) is 26.2 Å². The third-order valence-corrected chi connectivity index (χ3v) is 4.83. The second-order valence-electron chi connectivity index (χ2n) is 5.10. The quantitative estimate of drug-likeness (QED) is 0.636. The van der Waals surface area contributed by atoms with Crippen LogP contribution in [0.2, 0.25) is 0 Å². The summed E-state index contributed by atoms with van der Waals surface area (Å²) in [6, 6.07) is 11.0. The van der Waals surface area contributed by atoms with Crippen LogP contribution in [0.25, 0.3) is 6.08 Å². The van der Waals surface area contributed by atoms with Crippen molar-refractivity contribution in [3.63, 3.8) is 0 Å². The zero-order chi connectivity index (χ0) is 17.8. The van der Waals surface area contributed by atoms with Crippen LogP contribution in [-0.2, 0) is 9.59 Å². The van der Waals surface area contributed by atoms with E-state index in [1.54, 1.807) is 67.0 Å². The van der Waals surface area contributed by atoms with Gasteiger partial charge in [0, 0.05) is 0 Å². The SMILES string of the molecule is O=C(O)[C@H](c1ccccc1)N1C(=O)/C(=C\C=C\c2ccco2)SC1=S. The number of thiocarbonyl (C=S) groups is 1. The maximum atomic E-state index is 12.7. The summed E-state index contributed by atoms with van der Waals surface area (Å²) in [5, 5.41) is 9.60. The number of allylic oxidation sites excluding steroid dienone is 2. The molecule has 0 unspecified atom stereocenters. The molecule has 0 spiro atoms. The second kappa shape index (κ2) is 7.50. The van der Waals surface area contributed by atoms with Crippen LogP contribution in [0.5, 0.6) is 0 Å². The number of thioether (sulfide) groups is 1. The summed E-state index contributed by atoms with van der Waals surface area (Å²) in [6.07, 6.45) is 6.53. The predicted octanol–water partition coefficient (Wildman–Crippen LogP) is 3.86. The highest BCUT2D eigenvalue weighted by Gasteiger charge is 2.41. The molecule has 1 fully saturated rings. The van der Waals surface area contributed by atoms with Crippen molar-refractivity contribution in [1.82, 2.24) is 4.90 Å². The number of rotatable bonds is 5. The number of carbonyl (C=O) groups excluding carboxylic acids is 1. The van der Waals surface area contributed by atoms with E-state index in [4.69, 9.17) is 16.6 Å². The van der Waals surface area contributed by atoms with Crippen LogP contribution in [0.1, 0.15) is 17.4 Å². The lowest BCUT2D eigenvalue weighted by Crippen LogP contribution is -2.37. The highest BCUT2D eigenvalue weighted by molar-refractivity contribution is 8.26. The molecule has 1 aromatic heterocycles. The number of carboxylic acids is 1. The van der Waals surface area contributed by atoms with Crippen molar-refractivity contribution in [1.29, 1.82) is 0 Å². The van der Waals surface area contributed by atoms with E-state index in [0.29, 0.717) is 16.2 Å². The van der Waals surface area contributed by atoms with Crippen molar-refractivity contribution in [3.05, 3.63) is 77.1 Å². The van der Waals surface area contributed by atoms with Crippen LogP contribution < -0.4 is 0 Å².